The molecule has 2 aliphatic rings. The number of likely N-dealkylation sites (N-methyl/N-ethyl adjacent to an activating group) is 1. The highest BCUT2D eigenvalue weighted by molar-refractivity contribution is 5.80. The Morgan fingerprint density at radius 2 is 2.04 bits per heavy atom. The zero-order chi connectivity index (χ0) is 19.4. The lowest BCUT2D eigenvalue weighted by molar-refractivity contribution is -0.135. The summed E-state index contributed by atoms with van der Waals surface area (Å²) in [5.74, 6) is 0.358. The molecule has 1 saturated heterocycles. The smallest absolute Gasteiger partial charge is 0.225 e. The quantitative estimate of drug-likeness (QED) is 0.659. The molecule has 1 aromatic rings. The van der Waals surface area contributed by atoms with Crippen LogP contribution in [0.5, 0.6) is 0 Å². The molecule has 150 valence electrons. The first kappa shape index (κ1) is 19.7. The Bertz CT molecular complexity index is 665. The average Bonchev–Trinajstić information content (AvgIpc) is 3.13. The number of rotatable bonds is 5. The van der Waals surface area contributed by atoms with Gasteiger partial charge in [0, 0.05) is 32.0 Å². The molecule has 1 aromatic heterocycles. The summed E-state index contributed by atoms with van der Waals surface area (Å²) in [7, 11) is 2.07. The maximum atomic E-state index is 12.8. The van der Waals surface area contributed by atoms with E-state index in [9.17, 15) is 14.7 Å². The number of aliphatic hydroxyl groups is 1. The Morgan fingerprint density at radius 1 is 1.22 bits per heavy atom. The van der Waals surface area contributed by atoms with Gasteiger partial charge in [-0.2, -0.15) is 0 Å². The topological polar surface area (TPSA) is 116 Å². The van der Waals surface area contributed by atoms with Gasteiger partial charge in [0.05, 0.1) is 18.7 Å². The van der Waals surface area contributed by atoms with Crippen LogP contribution in [-0.4, -0.2) is 92.3 Å². The Morgan fingerprint density at radius 3 is 2.78 bits per heavy atom. The molecule has 0 bridgehead atoms. The Hall–Kier alpha value is -2.07. The van der Waals surface area contributed by atoms with Crippen LogP contribution in [0.4, 0.5) is 0 Å². The van der Waals surface area contributed by atoms with Crippen LogP contribution in [0.2, 0.25) is 0 Å². The first-order valence-electron chi connectivity index (χ1n) is 9.61. The van der Waals surface area contributed by atoms with Crippen molar-refractivity contribution < 1.29 is 14.7 Å². The van der Waals surface area contributed by atoms with E-state index < -0.39 is 6.10 Å². The summed E-state index contributed by atoms with van der Waals surface area (Å²) < 4.78 is 1.56. The molecule has 0 radical (unpaired) electrons. The number of tetrazole rings is 1. The summed E-state index contributed by atoms with van der Waals surface area (Å²) in [6.45, 7) is 5.52. The van der Waals surface area contributed by atoms with Crippen molar-refractivity contribution in [2.75, 3.05) is 33.2 Å². The molecule has 2 amide bonds. The van der Waals surface area contributed by atoms with Gasteiger partial charge in [0.1, 0.15) is 5.82 Å². The standard InChI is InChI=1S/C17H29N7O3/c1-12-19-20-21-24(12)7-4-16(26)18-14-10-13(11-15(14)25)17(27)23-6-3-5-22(2)8-9-23/h13-15,25H,3-11H2,1-2H3,(H,18,26)/t13-,14+,15+/m0/s1. The highest BCUT2D eigenvalue weighted by Crippen LogP contribution is 2.28. The van der Waals surface area contributed by atoms with E-state index in [1.165, 1.54) is 0 Å². The Kier molecular flexibility index (Phi) is 6.38. The molecule has 2 heterocycles. The summed E-state index contributed by atoms with van der Waals surface area (Å²) in [6, 6.07) is -0.379. The van der Waals surface area contributed by atoms with Crippen molar-refractivity contribution >= 4 is 11.8 Å². The van der Waals surface area contributed by atoms with Gasteiger partial charge in [-0.3, -0.25) is 9.59 Å². The van der Waals surface area contributed by atoms with Crippen LogP contribution in [0.1, 0.15) is 31.5 Å². The van der Waals surface area contributed by atoms with Gasteiger partial charge in [0.15, 0.2) is 0 Å². The normalized spacial score (nSPS) is 26.8. The number of nitrogens with zero attached hydrogens (tertiary/aromatic N) is 6. The molecule has 3 rings (SSSR count). The van der Waals surface area contributed by atoms with Crippen molar-refractivity contribution in [3.63, 3.8) is 0 Å². The first-order valence-corrected chi connectivity index (χ1v) is 9.61. The lowest BCUT2D eigenvalue weighted by atomic mass is 10.1. The van der Waals surface area contributed by atoms with Crippen LogP contribution >= 0.6 is 0 Å². The van der Waals surface area contributed by atoms with Gasteiger partial charge in [0.25, 0.3) is 0 Å². The monoisotopic (exact) mass is 379 g/mol. The summed E-state index contributed by atoms with van der Waals surface area (Å²) in [4.78, 5) is 29.2. The SMILES string of the molecule is Cc1nnnn1CCC(=O)N[C@@H]1C[C@H](C(=O)N2CCCN(C)CC2)C[C@H]1O. The second-order valence-corrected chi connectivity index (χ2v) is 7.59. The minimum absolute atomic E-state index is 0.102. The molecule has 1 aliphatic heterocycles. The molecular weight excluding hydrogens is 350 g/mol. The second kappa shape index (κ2) is 8.75. The van der Waals surface area contributed by atoms with E-state index >= 15 is 0 Å². The van der Waals surface area contributed by atoms with E-state index in [2.05, 4.69) is 32.8 Å². The average molecular weight is 379 g/mol. The van der Waals surface area contributed by atoms with E-state index in [0.717, 1.165) is 32.6 Å². The number of hydrogen-bond donors (Lipinski definition) is 2. The van der Waals surface area contributed by atoms with Crippen molar-refractivity contribution in [2.45, 2.75) is 51.3 Å². The summed E-state index contributed by atoms with van der Waals surface area (Å²) in [6.07, 6.45) is 1.40. The molecule has 27 heavy (non-hydrogen) atoms. The molecule has 2 fully saturated rings. The number of carbonyl (C=O) groups is 2. The molecule has 1 saturated carbocycles. The Labute approximate surface area is 158 Å². The van der Waals surface area contributed by atoms with Crippen LogP contribution in [0, 0.1) is 12.8 Å². The highest BCUT2D eigenvalue weighted by Gasteiger charge is 2.39. The van der Waals surface area contributed by atoms with Crippen LogP contribution in [0.25, 0.3) is 0 Å². The van der Waals surface area contributed by atoms with E-state index in [1.54, 1.807) is 11.6 Å². The fourth-order valence-corrected chi connectivity index (χ4v) is 3.84. The van der Waals surface area contributed by atoms with Gasteiger partial charge < -0.3 is 20.2 Å². The van der Waals surface area contributed by atoms with Gasteiger partial charge in [-0.25, -0.2) is 4.68 Å². The lowest BCUT2D eigenvalue weighted by Crippen LogP contribution is -2.41. The van der Waals surface area contributed by atoms with E-state index in [4.69, 9.17) is 0 Å². The molecular formula is C17H29N7O3. The van der Waals surface area contributed by atoms with Gasteiger partial charge in [-0.15, -0.1) is 5.10 Å². The third-order valence-corrected chi connectivity index (χ3v) is 5.52. The Balaban J connectivity index is 1.47. The zero-order valence-corrected chi connectivity index (χ0v) is 16.0. The van der Waals surface area contributed by atoms with Crippen LogP contribution < -0.4 is 5.32 Å². The van der Waals surface area contributed by atoms with Crippen LogP contribution in [0.3, 0.4) is 0 Å². The zero-order valence-electron chi connectivity index (χ0n) is 16.0. The number of amides is 2. The van der Waals surface area contributed by atoms with Gasteiger partial charge in [0.2, 0.25) is 11.8 Å². The maximum Gasteiger partial charge on any atom is 0.225 e. The van der Waals surface area contributed by atoms with Gasteiger partial charge in [-0.1, -0.05) is 0 Å². The largest absolute Gasteiger partial charge is 0.391 e. The minimum atomic E-state index is -0.688. The molecule has 0 aromatic carbocycles. The van der Waals surface area contributed by atoms with Crippen LogP contribution in [0.15, 0.2) is 0 Å². The summed E-state index contributed by atoms with van der Waals surface area (Å²) in [5.41, 5.74) is 0. The highest BCUT2D eigenvalue weighted by atomic mass is 16.3. The lowest BCUT2D eigenvalue weighted by Gasteiger charge is -2.24. The number of nitrogens with one attached hydrogen (secondary N) is 1. The summed E-state index contributed by atoms with van der Waals surface area (Å²) in [5, 5.41) is 24.3. The number of aromatic nitrogens is 4. The molecule has 0 unspecified atom stereocenters. The molecule has 3 atom stereocenters. The molecule has 10 heteroatoms. The van der Waals surface area contributed by atoms with Crippen molar-refractivity contribution in [2.24, 2.45) is 5.92 Å². The van der Waals surface area contributed by atoms with Crippen molar-refractivity contribution in [3.05, 3.63) is 5.82 Å². The fourth-order valence-electron chi connectivity index (χ4n) is 3.84. The minimum Gasteiger partial charge on any atom is -0.391 e. The maximum absolute atomic E-state index is 12.8. The summed E-state index contributed by atoms with van der Waals surface area (Å²) >= 11 is 0. The van der Waals surface area contributed by atoms with E-state index in [0.29, 0.717) is 25.2 Å². The number of carbonyl (C=O) groups excluding carboxylic acids is 2. The predicted molar refractivity (Wildman–Crippen MR) is 96.5 cm³/mol. The van der Waals surface area contributed by atoms with Crippen LogP contribution in [-0.2, 0) is 16.1 Å². The third kappa shape index (κ3) is 5.01. The predicted octanol–water partition coefficient (Wildman–Crippen LogP) is -1.21. The molecule has 10 nitrogen and oxygen atoms in total. The van der Waals surface area contributed by atoms with E-state index in [1.807, 2.05) is 4.90 Å². The van der Waals surface area contributed by atoms with Crippen molar-refractivity contribution in [3.8, 4) is 0 Å². The van der Waals surface area contributed by atoms with Gasteiger partial charge in [-0.05, 0) is 50.2 Å². The van der Waals surface area contributed by atoms with Gasteiger partial charge >= 0.3 is 0 Å². The fraction of sp³-hybridized carbons (Fsp3) is 0.824. The first-order chi connectivity index (χ1) is 12.9. The second-order valence-electron chi connectivity index (χ2n) is 7.59. The molecule has 1 aliphatic carbocycles. The third-order valence-electron chi connectivity index (χ3n) is 5.52. The number of aliphatic hydroxyl groups excluding tert-OH is 1. The van der Waals surface area contributed by atoms with E-state index in [-0.39, 0.29) is 30.2 Å². The number of aryl methyl sites for hydroxylation is 2. The van der Waals surface area contributed by atoms with Crippen molar-refractivity contribution in [1.82, 2.24) is 35.3 Å². The molecule has 0 spiro atoms. The van der Waals surface area contributed by atoms with Crippen molar-refractivity contribution in [1.29, 1.82) is 0 Å². The molecule has 2 N–H and O–H groups in total. The number of hydrogen-bond acceptors (Lipinski definition) is 7.